The van der Waals surface area contributed by atoms with Gasteiger partial charge in [0.2, 0.25) is 11.8 Å². The van der Waals surface area contributed by atoms with E-state index in [-0.39, 0.29) is 5.91 Å². The summed E-state index contributed by atoms with van der Waals surface area (Å²) in [5, 5.41) is 2.87. The van der Waals surface area contributed by atoms with Crippen LogP contribution in [0.3, 0.4) is 0 Å². The smallest absolute Gasteiger partial charge is 0.244 e. The van der Waals surface area contributed by atoms with Crippen LogP contribution in [-0.2, 0) is 11.3 Å². The van der Waals surface area contributed by atoms with Gasteiger partial charge in [-0.15, -0.1) is 0 Å². The number of carbonyl (C=O) groups excluding carboxylic acids is 1. The molecule has 4 aromatic rings. The maximum Gasteiger partial charge on any atom is 0.244 e. The van der Waals surface area contributed by atoms with Gasteiger partial charge in [-0.1, -0.05) is 28.1 Å². The first kappa shape index (κ1) is 19.8. The van der Waals surface area contributed by atoms with Gasteiger partial charge in [0.1, 0.15) is 5.75 Å². The van der Waals surface area contributed by atoms with Crippen molar-refractivity contribution in [2.24, 2.45) is 0 Å². The zero-order valence-electron chi connectivity index (χ0n) is 16.1. The van der Waals surface area contributed by atoms with Crippen LogP contribution < -0.4 is 10.1 Å². The van der Waals surface area contributed by atoms with Crippen molar-refractivity contribution in [3.05, 3.63) is 82.5 Å². The third kappa shape index (κ3) is 4.58. The Morgan fingerprint density at radius 3 is 2.80 bits per heavy atom. The molecule has 0 unspecified atom stereocenters. The number of benzene rings is 2. The summed E-state index contributed by atoms with van der Waals surface area (Å²) in [7, 11) is 1.60. The molecular formula is C23H18BrN3O3. The molecule has 0 spiro atoms. The molecule has 30 heavy (non-hydrogen) atoms. The van der Waals surface area contributed by atoms with E-state index in [1.807, 2.05) is 54.6 Å². The highest BCUT2D eigenvalue weighted by molar-refractivity contribution is 9.10. The van der Waals surface area contributed by atoms with E-state index in [2.05, 4.69) is 31.2 Å². The molecule has 150 valence electrons. The highest BCUT2D eigenvalue weighted by atomic mass is 79.9. The first-order valence-electron chi connectivity index (χ1n) is 9.23. The van der Waals surface area contributed by atoms with Crippen molar-refractivity contribution in [1.29, 1.82) is 0 Å². The molecular weight excluding hydrogens is 446 g/mol. The van der Waals surface area contributed by atoms with Gasteiger partial charge in [-0.3, -0.25) is 4.79 Å². The van der Waals surface area contributed by atoms with E-state index in [0.29, 0.717) is 29.4 Å². The summed E-state index contributed by atoms with van der Waals surface area (Å²) in [6, 6.07) is 16.9. The highest BCUT2D eigenvalue weighted by Crippen LogP contribution is 2.24. The molecule has 4 rings (SSSR count). The summed E-state index contributed by atoms with van der Waals surface area (Å²) in [6.45, 7) is 0.411. The molecule has 0 radical (unpaired) electrons. The number of hydrogen-bond donors (Lipinski definition) is 1. The van der Waals surface area contributed by atoms with Gasteiger partial charge in [-0.05, 0) is 54.1 Å². The van der Waals surface area contributed by atoms with Gasteiger partial charge in [0.25, 0.3) is 0 Å². The Bertz CT molecular complexity index is 1180. The minimum absolute atomic E-state index is 0.189. The number of hydrogen-bond acceptors (Lipinski definition) is 5. The predicted octanol–water partition coefficient (Wildman–Crippen LogP) is 4.99. The molecule has 0 bridgehead atoms. The highest BCUT2D eigenvalue weighted by Gasteiger charge is 2.08. The van der Waals surface area contributed by atoms with E-state index in [9.17, 15) is 4.79 Å². The Hall–Kier alpha value is -3.45. The molecule has 1 N–H and O–H groups in total. The Kier molecular flexibility index (Phi) is 5.90. The minimum Gasteiger partial charge on any atom is -0.496 e. The number of carbonyl (C=O) groups is 1. The average molecular weight is 464 g/mol. The van der Waals surface area contributed by atoms with Crippen LogP contribution in [0.15, 0.2) is 75.8 Å². The van der Waals surface area contributed by atoms with Gasteiger partial charge in [0, 0.05) is 34.4 Å². The van der Waals surface area contributed by atoms with Crippen LogP contribution in [0.5, 0.6) is 5.75 Å². The topological polar surface area (TPSA) is 77.2 Å². The lowest BCUT2D eigenvalue weighted by Gasteiger charge is -2.06. The van der Waals surface area contributed by atoms with Crippen molar-refractivity contribution in [3.8, 4) is 17.2 Å². The summed E-state index contributed by atoms with van der Waals surface area (Å²) in [5.41, 5.74) is 3.87. The lowest BCUT2D eigenvalue weighted by molar-refractivity contribution is -0.116. The van der Waals surface area contributed by atoms with Crippen LogP contribution in [0.25, 0.3) is 28.8 Å². The SMILES string of the molecule is COc1ccc(Br)cc1/C=C/C(=O)NCc1ccc(-c2nc3ncccc3o2)cc1. The summed E-state index contributed by atoms with van der Waals surface area (Å²) in [5.74, 6) is 1.03. The van der Waals surface area contributed by atoms with Gasteiger partial charge < -0.3 is 14.5 Å². The molecule has 0 fully saturated rings. The molecule has 0 atom stereocenters. The second-order valence-corrected chi connectivity index (χ2v) is 7.39. The van der Waals surface area contributed by atoms with Crippen LogP contribution in [0.2, 0.25) is 0 Å². The summed E-state index contributed by atoms with van der Waals surface area (Å²) in [6.07, 6.45) is 4.90. The third-order valence-corrected chi connectivity index (χ3v) is 4.93. The van der Waals surface area contributed by atoms with Crippen molar-refractivity contribution in [2.75, 3.05) is 7.11 Å². The van der Waals surface area contributed by atoms with Crippen molar-refractivity contribution < 1.29 is 13.9 Å². The second-order valence-electron chi connectivity index (χ2n) is 6.48. The number of ether oxygens (including phenoxy) is 1. The Morgan fingerprint density at radius 1 is 1.20 bits per heavy atom. The number of methoxy groups -OCH3 is 1. The van der Waals surface area contributed by atoms with Gasteiger partial charge in [0.05, 0.1) is 7.11 Å². The number of pyridine rings is 1. The monoisotopic (exact) mass is 463 g/mol. The van der Waals surface area contributed by atoms with Crippen LogP contribution in [0.4, 0.5) is 0 Å². The molecule has 0 saturated carbocycles. The fraction of sp³-hybridized carbons (Fsp3) is 0.0870. The molecule has 0 saturated heterocycles. The third-order valence-electron chi connectivity index (χ3n) is 4.44. The second kappa shape index (κ2) is 8.92. The quantitative estimate of drug-likeness (QED) is 0.407. The Morgan fingerprint density at radius 2 is 2.03 bits per heavy atom. The largest absolute Gasteiger partial charge is 0.496 e. The van der Waals surface area contributed by atoms with Crippen molar-refractivity contribution in [1.82, 2.24) is 15.3 Å². The Balaban J connectivity index is 1.38. The lowest BCUT2D eigenvalue weighted by Crippen LogP contribution is -2.20. The molecule has 1 amide bonds. The van der Waals surface area contributed by atoms with Crippen LogP contribution >= 0.6 is 15.9 Å². The number of amides is 1. The van der Waals surface area contributed by atoms with Gasteiger partial charge >= 0.3 is 0 Å². The fourth-order valence-corrected chi connectivity index (χ4v) is 3.29. The molecule has 2 heterocycles. The zero-order chi connectivity index (χ0) is 20.9. The van der Waals surface area contributed by atoms with E-state index < -0.39 is 0 Å². The summed E-state index contributed by atoms with van der Waals surface area (Å²) < 4.78 is 12.0. The van der Waals surface area contributed by atoms with E-state index in [4.69, 9.17) is 9.15 Å². The van der Waals surface area contributed by atoms with E-state index in [0.717, 1.165) is 21.2 Å². The number of fused-ring (bicyclic) bond motifs is 1. The van der Waals surface area contributed by atoms with Crippen molar-refractivity contribution >= 4 is 39.1 Å². The number of aromatic nitrogens is 2. The Labute approximate surface area is 181 Å². The predicted molar refractivity (Wildman–Crippen MR) is 119 cm³/mol. The molecule has 2 aromatic carbocycles. The number of nitrogens with zero attached hydrogens (tertiary/aromatic N) is 2. The lowest BCUT2D eigenvalue weighted by atomic mass is 10.1. The maximum absolute atomic E-state index is 12.2. The fourth-order valence-electron chi connectivity index (χ4n) is 2.91. The molecule has 0 aliphatic carbocycles. The van der Waals surface area contributed by atoms with Crippen molar-refractivity contribution in [3.63, 3.8) is 0 Å². The van der Waals surface area contributed by atoms with E-state index in [1.165, 1.54) is 6.08 Å². The average Bonchev–Trinajstić information content (AvgIpc) is 3.21. The molecule has 6 nitrogen and oxygen atoms in total. The summed E-state index contributed by atoms with van der Waals surface area (Å²) in [4.78, 5) is 20.7. The standard InChI is InChI=1S/C23H18BrN3O3/c1-29-19-10-9-18(24)13-17(19)8-11-21(28)26-14-15-4-6-16(7-5-15)23-27-22-20(30-23)3-2-12-25-22/h2-13H,14H2,1H3,(H,26,28)/b11-8+. The van der Waals surface area contributed by atoms with Crippen LogP contribution in [0, 0.1) is 0 Å². The number of rotatable bonds is 6. The van der Waals surface area contributed by atoms with Gasteiger partial charge in [-0.25, -0.2) is 4.98 Å². The van der Waals surface area contributed by atoms with Crippen LogP contribution in [0.1, 0.15) is 11.1 Å². The van der Waals surface area contributed by atoms with Gasteiger partial charge in [0.15, 0.2) is 11.2 Å². The normalized spacial score (nSPS) is 11.1. The number of halogens is 1. The first-order chi connectivity index (χ1) is 14.6. The summed E-state index contributed by atoms with van der Waals surface area (Å²) >= 11 is 3.42. The molecule has 0 aliphatic rings. The van der Waals surface area contributed by atoms with Gasteiger partial charge in [-0.2, -0.15) is 4.98 Å². The minimum atomic E-state index is -0.189. The first-order valence-corrected chi connectivity index (χ1v) is 10.0. The molecule has 2 aromatic heterocycles. The maximum atomic E-state index is 12.2. The van der Waals surface area contributed by atoms with E-state index >= 15 is 0 Å². The van der Waals surface area contributed by atoms with Crippen molar-refractivity contribution in [2.45, 2.75) is 6.54 Å². The van der Waals surface area contributed by atoms with Crippen LogP contribution in [-0.4, -0.2) is 23.0 Å². The molecule has 0 aliphatic heterocycles. The zero-order valence-corrected chi connectivity index (χ0v) is 17.7. The van der Waals surface area contributed by atoms with E-state index in [1.54, 1.807) is 19.4 Å². The number of oxazole rings is 1. The molecule has 7 heteroatoms. The number of nitrogens with one attached hydrogen (secondary N) is 1.